The summed E-state index contributed by atoms with van der Waals surface area (Å²) in [4.78, 5) is 0. The van der Waals surface area contributed by atoms with Crippen LogP contribution >= 0.6 is 11.3 Å². The van der Waals surface area contributed by atoms with Crippen LogP contribution in [0.5, 0.6) is 11.5 Å². The third-order valence-electron chi connectivity index (χ3n) is 4.99. The lowest BCUT2D eigenvalue weighted by atomic mass is 9.95. The second-order valence-corrected chi connectivity index (χ2v) is 7.51. The fourth-order valence-electron chi connectivity index (χ4n) is 3.71. The monoisotopic (exact) mass is 362 g/mol. The van der Waals surface area contributed by atoms with Gasteiger partial charge in [-0.3, -0.25) is 0 Å². The summed E-state index contributed by atoms with van der Waals surface area (Å²) in [5.41, 5.74) is 5.06. The summed E-state index contributed by atoms with van der Waals surface area (Å²) in [5.74, 6) is 1.19. The average molecular weight is 362 g/mol. The topological polar surface area (TPSA) is 45.1 Å². The van der Waals surface area contributed by atoms with Crippen LogP contribution in [0.25, 0.3) is 0 Å². The van der Waals surface area contributed by atoms with Gasteiger partial charge in [0.05, 0.1) is 11.8 Å². The molecule has 1 N–H and O–H groups in total. The van der Waals surface area contributed by atoms with Crippen molar-refractivity contribution < 1.29 is 9.84 Å². The van der Waals surface area contributed by atoms with E-state index in [2.05, 4.69) is 22.9 Å². The van der Waals surface area contributed by atoms with Gasteiger partial charge in [0.2, 0.25) is 6.23 Å². The highest BCUT2D eigenvalue weighted by molar-refractivity contribution is 7.07. The molecule has 5 heteroatoms. The molecule has 0 amide bonds. The molecule has 0 saturated heterocycles. The third kappa shape index (κ3) is 2.39. The first-order valence-electron chi connectivity index (χ1n) is 8.64. The number of para-hydroxylation sites is 1. The summed E-state index contributed by atoms with van der Waals surface area (Å²) < 4.78 is 6.29. The highest BCUT2D eigenvalue weighted by Gasteiger charge is 2.41. The number of fused-ring (bicyclic) bond motifs is 3. The molecule has 130 valence electrons. The van der Waals surface area contributed by atoms with Gasteiger partial charge in [0, 0.05) is 23.1 Å². The van der Waals surface area contributed by atoms with Gasteiger partial charge in [-0.15, -0.1) is 0 Å². The van der Waals surface area contributed by atoms with Crippen molar-refractivity contribution in [3.63, 3.8) is 0 Å². The summed E-state index contributed by atoms with van der Waals surface area (Å²) in [5, 5.41) is 21.4. The second-order valence-electron chi connectivity index (χ2n) is 6.73. The summed E-state index contributed by atoms with van der Waals surface area (Å²) in [6, 6.07) is 16.0. The Labute approximate surface area is 156 Å². The maximum Gasteiger partial charge on any atom is 0.214 e. The molecule has 26 heavy (non-hydrogen) atoms. The molecule has 1 aromatic heterocycles. The van der Waals surface area contributed by atoms with Gasteiger partial charge in [0.15, 0.2) is 0 Å². The van der Waals surface area contributed by atoms with Crippen LogP contribution in [0, 0.1) is 6.92 Å². The van der Waals surface area contributed by atoms with Crippen molar-refractivity contribution in [3.8, 4) is 11.5 Å². The lowest BCUT2D eigenvalue weighted by molar-refractivity contribution is -0.0187. The van der Waals surface area contributed by atoms with Gasteiger partial charge in [-0.05, 0) is 41.9 Å². The molecule has 2 aliphatic rings. The maximum absolute atomic E-state index is 10.3. The Morgan fingerprint density at radius 1 is 1.19 bits per heavy atom. The minimum absolute atomic E-state index is 0.111. The van der Waals surface area contributed by atoms with E-state index in [0.29, 0.717) is 0 Å². The van der Waals surface area contributed by atoms with Crippen LogP contribution in [0.15, 0.2) is 64.4 Å². The standard InChI is InChI=1S/C21H18N2O2S/c1-13-6-7-19(24)16(10-13)17-11-18-15-4-2-3-5-20(15)25-21(23(18)22-17)14-8-9-26-12-14/h2-10,12,18,21,24H,11H2,1H3/t18-,21+/m0/s1. The lowest BCUT2D eigenvalue weighted by Crippen LogP contribution is -2.33. The van der Waals surface area contributed by atoms with E-state index in [1.165, 1.54) is 0 Å². The van der Waals surface area contributed by atoms with E-state index in [-0.39, 0.29) is 18.0 Å². The van der Waals surface area contributed by atoms with Crippen molar-refractivity contribution in [2.75, 3.05) is 0 Å². The molecule has 2 atom stereocenters. The number of thiophene rings is 1. The number of hydrogen-bond acceptors (Lipinski definition) is 5. The van der Waals surface area contributed by atoms with Crippen LogP contribution in [0.1, 0.15) is 40.9 Å². The smallest absolute Gasteiger partial charge is 0.214 e. The van der Waals surface area contributed by atoms with E-state index in [0.717, 1.165) is 40.1 Å². The number of rotatable bonds is 2. The normalized spacial score (nSPS) is 21.0. The molecule has 4 nitrogen and oxygen atoms in total. The zero-order valence-corrected chi connectivity index (χ0v) is 15.1. The van der Waals surface area contributed by atoms with Crippen LogP contribution in [0.4, 0.5) is 0 Å². The molecular formula is C21H18N2O2S. The highest BCUT2D eigenvalue weighted by Crippen LogP contribution is 2.48. The number of benzene rings is 2. The number of phenols is 1. The van der Waals surface area contributed by atoms with Crippen molar-refractivity contribution >= 4 is 17.0 Å². The Balaban J connectivity index is 1.62. The Bertz CT molecular complexity index is 997. The van der Waals surface area contributed by atoms with Gasteiger partial charge in [0.25, 0.3) is 0 Å². The molecule has 3 heterocycles. The molecule has 0 radical (unpaired) electrons. The minimum atomic E-state index is -0.245. The van der Waals surface area contributed by atoms with E-state index >= 15 is 0 Å². The molecule has 2 aliphatic heterocycles. The molecule has 2 aromatic carbocycles. The largest absolute Gasteiger partial charge is 0.507 e. The SMILES string of the molecule is Cc1ccc(O)c(C2=NN3[C@@H](c4ccsc4)Oc4ccccc4[C@@H]3C2)c1. The van der Waals surface area contributed by atoms with Crippen molar-refractivity contribution in [2.45, 2.75) is 25.6 Å². The van der Waals surface area contributed by atoms with Crippen molar-refractivity contribution in [1.29, 1.82) is 0 Å². The third-order valence-corrected chi connectivity index (χ3v) is 5.69. The zero-order chi connectivity index (χ0) is 17.7. The van der Waals surface area contributed by atoms with E-state index in [4.69, 9.17) is 9.84 Å². The number of aromatic hydroxyl groups is 1. The van der Waals surface area contributed by atoms with Gasteiger partial charge in [0.1, 0.15) is 11.5 Å². The molecule has 0 saturated carbocycles. The first-order chi connectivity index (χ1) is 12.7. The second kappa shape index (κ2) is 5.88. The van der Waals surface area contributed by atoms with Crippen LogP contribution in [-0.4, -0.2) is 15.8 Å². The predicted molar refractivity (Wildman–Crippen MR) is 103 cm³/mol. The molecule has 0 spiro atoms. The molecule has 0 fully saturated rings. The predicted octanol–water partition coefficient (Wildman–Crippen LogP) is 5.00. The molecule has 0 bridgehead atoms. The summed E-state index contributed by atoms with van der Waals surface area (Å²) in [7, 11) is 0. The van der Waals surface area contributed by atoms with Crippen LogP contribution in [0.3, 0.4) is 0 Å². The van der Waals surface area contributed by atoms with E-state index in [1.807, 2.05) is 42.3 Å². The number of hydrogen-bond donors (Lipinski definition) is 1. The van der Waals surface area contributed by atoms with Crippen molar-refractivity contribution in [2.24, 2.45) is 5.10 Å². The number of hydrazone groups is 1. The summed E-state index contributed by atoms with van der Waals surface area (Å²) in [6.45, 7) is 2.03. The first kappa shape index (κ1) is 15.5. The van der Waals surface area contributed by atoms with E-state index in [1.54, 1.807) is 17.4 Å². The van der Waals surface area contributed by atoms with Gasteiger partial charge < -0.3 is 9.84 Å². The number of ether oxygens (including phenoxy) is 1. The van der Waals surface area contributed by atoms with Crippen LogP contribution in [0.2, 0.25) is 0 Å². The fraction of sp³-hybridized carbons (Fsp3) is 0.190. The molecule has 0 unspecified atom stereocenters. The van der Waals surface area contributed by atoms with E-state index < -0.39 is 0 Å². The minimum Gasteiger partial charge on any atom is -0.507 e. The Morgan fingerprint density at radius 3 is 2.92 bits per heavy atom. The maximum atomic E-state index is 10.3. The van der Waals surface area contributed by atoms with Gasteiger partial charge in [-0.25, -0.2) is 5.01 Å². The number of nitrogens with zero attached hydrogens (tertiary/aromatic N) is 2. The molecule has 3 aromatic rings. The number of phenolic OH excluding ortho intramolecular Hbond substituents is 1. The molecule has 0 aliphatic carbocycles. The van der Waals surface area contributed by atoms with E-state index in [9.17, 15) is 5.11 Å². The van der Waals surface area contributed by atoms with Crippen LogP contribution in [-0.2, 0) is 0 Å². The summed E-state index contributed by atoms with van der Waals surface area (Å²) >= 11 is 1.66. The highest BCUT2D eigenvalue weighted by atomic mass is 32.1. The Morgan fingerprint density at radius 2 is 2.08 bits per heavy atom. The number of aryl methyl sites for hydroxylation is 1. The Hall–Kier alpha value is -2.79. The van der Waals surface area contributed by atoms with Gasteiger partial charge in [-0.2, -0.15) is 16.4 Å². The fourth-order valence-corrected chi connectivity index (χ4v) is 4.38. The Kier molecular flexibility index (Phi) is 3.50. The van der Waals surface area contributed by atoms with Gasteiger partial charge >= 0.3 is 0 Å². The van der Waals surface area contributed by atoms with Crippen LogP contribution < -0.4 is 4.74 Å². The van der Waals surface area contributed by atoms with Crippen molar-refractivity contribution in [3.05, 3.63) is 81.5 Å². The van der Waals surface area contributed by atoms with Gasteiger partial charge in [-0.1, -0.05) is 29.8 Å². The molecule has 5 rings (SSSR count). The quantitative estimate of drug-likeness (QED) is 0.697. The zero-order valence-electron chi connectivity index (χ0n) is 14.3. The molecular weight excluding hydrogens is 344 g/mol. The summed E-state index contributed by atoms with van der Waals surface area (Å²) in [6.07, 6.45) is 0.503. The first-order valence-corrected chi connectivity index (χ1v) is 9.58. The average Bonchev–Trinajstić information content (AvgIpc) is 3.33. The lowest BCUT2D eigenvalue weighted by Gasteiger charge is -2.37. The van der Waals surface area contributed by atoms with Crippen molar-refractivity contribution in [1.82, 2.24) is 5.01 Å².